The Kier molecular flexibility index (Phi) is 4.69. The predicted molar refractivity (Wildman–Crippen MR) is 77.8 cm³/mol. The maximum atomic E-state index is 11.9. The van der Waals surface area contributed by atoms with E-state index < -0.39 is 16.8 Å². The predicted octanol–water partition coefficient (Wildman–Crippen LogP) is 2.51. The van der Waals surface area contributed by atoms with Gasteiger partial charge in [-0.05, 0) is 26.4 Å². The van der Waals surface area contributed by atoms with Crippen LogP contribution in [0.15, 0.2) is 41.0 Å². The molecule has 0 amide bonds. The van der Waals surface area contributed by atoms with Gasteiger partial charge in [-0.3, -0.25) is 4.79 Å². The molecule has 0 bridgehead atoms. The Hall–Kier alpha value is -2.22. The lowest BCUT2D eigenvalue weighted by Crippen LogP contribution is -2.20. The number of carbonyl (C=O) groups is 1. The van der Waals surface area contributed by atoms with Gasteiger partial charge in [-0.2, -0.15) is 4.68 Å². The highest BCUT2D eigenvalue weighted by atomic mass is 79.9. The summed E-state index contributed by atoms with van der Waals surface area (Å²) in [5, 5.41) is 14.6. The molecule has 1 heterocycles. The van der Waals surface area contributed by atoms with Crippen molar-refractivity contribution in [2.24, 2.45) is 0 Å². The molecule has 1 unspecified atom stereocenters. The number of halogens is 1. The SMILES string of the molecule is COC(=O)C(Cn1cc(Br)c([N+](=O)[O-])n1)c1ccccc1. The molecule has 0 aliphatic carbocycles. The van der Waals surface area contributed by atoms with Crippen molar-refractivity contribution in [3.63, 3.8) is 0 Å². The van der Waals surface area contributed by atoms with Gasteiger partial charge in [-0.25, -0.2) is 0 Å². The normalized spacial score (nSPS) is 11.9. The number of esters is 1. The minimum Gasteiger partial charge on any atom is -0.468 e. The fourth-order valence-electron chi connectivity index (χ4n) is 1.93. The third-order valence-corrected chi connectivity index (χ3v) is 3.49. The van der Waals surface area contributed by atoms with E-state index in [-0.39, 0.29) is 16.8 Å². The van der Waals surface area contributed by atoms with Crippen molar-refractivity contribution in [1.82, 2.24) is 9.78 Å². The first-order chi connectivity index (χ1) is 10.0. The van der Waals surface area contributed by atoms with Crippen molar-refractivity contribution in [3.8, 4) is 0 Å². The summed E-state index contributed by atoms with van der Waals surface area (Å²) in [5.41, 5.74) is 0.763. The Balaban J connectivity index is 2.30. The van der Waals surface area contributed by atoms with Gasteiger partial charge in [0.25, 0.3) is 0 Å². The van der Waals surface area contributed by atoms with E-state index in [0.29, 0.717) is 0 Å². The highest BCUT2D eigenvalue weighted by Gasteiger charge is 2.26. The Morgan fingerprint density at radius 1 is 1.48 bits per heavy atom. The summed E-state index contributed by atoms with van der Waals surface area (Å²) >= 11 is 3.08. The van der Waals surface area contributed by atoms with Crippen LogP contribution in [0.4, 0.5) is 5.82 Å². The van der Waals surface area contributed by atoms with Gasteiger partial charge in [0.2, 0.25) is 0 Å². The van der Waals surface area contributed by atoms with Crippen LogP contribution in [0.2, 0.25) is 0 Å². The topological polar surface area (TPSA) is 87.3 Å². The minimum absolute atomic E-state index is 0.156. The molecule has 2 rings (SSSR count). The van der Waals surface area contributed by atoms with Crippen LogP contribution in [0, 0.1) is 10.1 Å². The molecule has 0 fully saturated rings. The first-order valence-electron chi connectivity index (χ1n) is 6.03. The minimum atomic E-state index is -0.587. The molecular formula is C13H12BrN3O4. The zero-order valence-electron chi connectivity index (χ0n) is 11.1. The van der Waals surface area contributed by atoms with Crippen molar-refractivity contribution in [3.05, 3.63) is 56.7 Å². The van der Waals surface area contributed by atoms with Crippen LogP contribution in [0.5, 0.6) is 0 Å². The molecular weight excluding hydrogens is 342 g/mol. The van der Waals surface area contributed by atoms with Gasteiger partial charge in [0.15, 0.2) is 0 Å². The van der Waals surface area contributed by atoms with E-state index >= 15 is 0 Å². The molecule has 0 N–H and O–H groups in total. The average Bonchev–Trinajstić information content (AvgIpc) is 2.86. The van der Waals surface area contributed by atoms with Crippen LogP contribution in [0.25, 0.3) is 0 Å². The lowest BCUT2D eigenvalue weighted by molar-refractivity contribution is -0.390. The molecule has 0 spiro atoms. The lowest BCUT2D eigenvalue weighted by atomic mass is 9.99. The molecule has 1 aromatic heterocycles. The van der Waals surface area contributed by atoms with Gasteiger partial charge in [-0.15, -0.1) is 0 Å². The largest absolute Gasteiger partial charge is 0.468 e. The number of carbonyl (C=O) groups excluding carboxylic acids is 1. The zero-order chi connectivity index (χ0) is 15.4. The maximum Gasteiger partial charge on any atom is 0.404 e. The Labute approximate surface area is 128 Å². The van der Waals surface area contributed by atoms with E-state index in [4.69, 9.17) is 4.74 Å². The molecule has 1 atom stereocenters. The van der Waals surface area contributed by atoms with E-state index in [1.54, 1.807) is 12.1 Å². The molecule has 110 valence electrons. The fraction of sp³-hybridized carbons (Fsp3) is 0.231. The number of aromatic nitrogens is 2. The number of nitrogens with zero attached hydrogens (tertiary/aromatic N) is 3. The molecule has 0 radical (unpaired) electrons. The van der Waals surface area contributed by atoms with Gasteiger partial charge < -0.3 is 14.9 Å². The summed E-state index contributed by atoms with van der Waals surface area (Å²) in [6.45, 7) is 0.156. The van der Waals surface area contributed by atoms with Crippen LogP contribution < -0.4 is 0 Å². The molecule has 2 aromatic rings. The first-order valence-corrected chi connectivity index (χ1v) is 6.82. The Morgan fingerprint density at radius 3 is 2.67 bits per heavy atom. The second-order valence-corrected chi connectivity index (χ2v) is 5.12. The van der Waals surface area contributed by atoms with E-state index in [1.165, 1.54) is 18.0 Å². The lowest BCUT2D eigenvalue weighted by Gasteiger charge is -2.13. The summed E-state index contributed by atoms with van der Waals surface area (Å²) in [5.74, 6) is -1.29. The first kappa shape index (κ1) is 15.2. The number of hydrogen-bond acceptors (Lipinski definition) is 5. The standard InChI is InChI=1S/C13H12BrN3O4/c1-21-13(18)10(9-5-3-2-4-6-9)7-16-8-11(14)12(15-16)17(19)20/h2-6,8,10H,7H2,1H3. The van der Waals surface area contributed by atoms with Gasteiger partial charge in [0.05, 0.1) is 25.0 Å². The fourth-order valence-corrected chi connectivity index (χ4v) is 2.40. The third kappa shape index (κ3) is 3.46. The van der Waals surface area contributed by atoms with E-state index in [1.807, 2.05) is 18.2 Å². The number of benzene rings is 1. The summed E-state index contributed by atoms with van der Waals surface area (Å²) in [4.78, 5) is 22.1. The molecule has 0 aliphatic heterocycles. The molecule has 7 nitrogen and oxygen atoms in total. The van der Waals surface area contributed by atoms with Crippen molar-refractivity contribution in [2.45, 2.75) is 12.5 Å². The van der Waals surface area contributed by atoms with Crippen LogP contribution in [0.3, 0.4) is 0 Å². The highest BCUT2D eigenvalue weighted by Crippen LogP contribution is 2.25. The molecule has 0 saturated heterocycles. The summed E-state index contributed by atoms with van der Waals surface area (Å²) < 4.78 is 6.42. The van der Waals surface area contributed by atoms with Gasteiger partial charge in [-0.1, -0.05) is 30.3 Å². The number of ether oxygens (including phenoxy) is 1. The second-order valence-electron chi connectivity index (χ2n) is 4.27. The van der Waals surface area contributed by atoms with E-state index in [2.05, 4.69) is 21.0 Å². The molecule has 8 heteroatoms. The number of hydrogen-bond donors (Lipinski definition) is 0. The third-order valence-electron chi connectivity index (χ3n) is 2.93. The Morgan fingerprint density at radius 2 is 2.14 bits per heavy atom. The second kappa shape index (κ2) is 6.49. The smallest absolute Gasteiger partial charge is 0.404 e. The molecule has 0 saturated carbocycles. The van der Waals surface area contributed by atoms with Crippen LogP contribution in [0.1, 0.15) is 11.5 Å². The summed E-state index contributed by atoms with van der Waals surface area (Å²) in [7, 11) is 1.31. The van der Waals surface area contributed by atoms with Crippen LogP contribution >= 0.6 is 15.9 Å². The zero-order valence-corrected chi connectivity index (χ0v) is 12.7. The van der Waals surface area contributed by atoms with E-state index in [0.717, 1.165) is 5.56 Å². The van der Waals surface area contributed by atoms with Gasteiger partial charge >= 0.3 is 11.8 Å². The maximum absolute atomic E-state index is 11.9. The van der Waals surface area contributed by atoms with Crippen molar-refractivity contribution in [1.29, 1.82) is 0 Å². The summed E-state index contributed by atoms with van der Waals surface area (Å²) in [6.07, 6.45) is 1.47. The van der Waals surface area contributed by atoms with Gasteiger partial charge in [0.1, 0.15) is 10.4 Å². The van der Waals surface area contributed by atoms with Gasteiger partial charge in [0, 0.05) is 0 Å². The number of nitro groups is 1. The number of rotatable bonds is 5. The monoisotopic (exact) mass is 353 g/mol. The number of methoxy groups -OCH3 is 1. The molecule has 21 heavy (non-hydrogen) atoms. The molecule has 0 aliphatic rings. The van der Waals surface area contributed by atoms with Crippen molar-refractivity contribution < 1.29 is 14.5 Å². The van der Waals surface area contributed by atoms with Crippen LogP contribution in [-0.2, 0) is 16.1 Å². The highest BCUT2D eigenvalue weighted by molar-refractivity contribution is 9.10. The molecule has 1 aromatic carbocycles. The average molecular weight is 354 g/mol. The van der Waals surface area contributed by atoms with Crippen molar-refractivity contribution in [2.75, 3.05) is 7.11 Å². The van der Waals surface area contributed by atoms with E-state index in [9.17, 15) is 14.9 Å². The van der Waals surface area contributed by atoms with Crippen molar-refractivity contribution >= 4 is 27.7 Å². The Bertz CT molecular complexity index is 657. The van der Waals surface area contributed by atoms with Crippen LogP contribution in [-0.4, -0.2) is 27.8 Å². The summed E-state index contributed by atoms with van der Waals surface area (Å²) in [6, 6.07) is 9.07. The quantitative estimate of drug-likeness (QED) is 0.468.